The van der Waals surface area contributed by atoms with Crippen molar-refractivity contribution in [3.63, 3.8) is 0 Å². The second-order valence-corrected chi connectivity index (χ2v) is 5.88. The van der Waals surface area contributed by atoms with Crippen molar-refractivity contribution in [1.29, 1.82) is 0 Å². The van der Waals surface area contributed by atoms with Crippen LogP contribution in [0.25, 0.3) is 0 Å². The van der Waals surface area contributed by atoms with Gasteiger partial charge in [0.25, 0.3) is 5.56 Å². The molecule has 0 atom stereocenters. The minimum Gasteiger partial charge on any atom is -0.310 e. The number of hydrogen-bond donors (Lipinski definition) is 1. The molecule has 0 radical (unpaired) electrons. The molecule has 0 spiro atoms. The highest BCUT2D eigenvalue weighted by molar-refractivity contribution is 5.20. The molecule has 0 aliphatic heterocycles. The highest BCUT2D eigenvalue weighted by atomic mass is 16.1. The van der Waals surface area contributed by atoms with Crippen LogP contribution in [0.3, 0.4) is 0 Å². The van der Waals surface area contributed by atoms with E-state index in [1.165, 1.54) is 6.42 Å². The summed E-state index contributed by atoms with van der Waals surface area (Å²) in [6, 6.07) is 0. The van der Waals surface area contributed by atoms with Gasteiger partial charge in [-0.25, -0.2) is 4.98 Å². The average Bonchev–Trinajstić information content (AvgIpc) is 2.15. The summed E-state index contributed by atoms with van der Waals surface area (Å²) in [6.07, 6.45) is 4.98. The largest absolute Gasteiger partial charge is 0.310 e. The Bertz CT molecular complexity index is 440. The second kappa shape index (κ2) is 4.04. The molecule has 0 aromatic carbocycles. The number of aromatic nitrogens is 2. The summed E-state index contributed by atoms with van der Waals surface area (Å²) < 4.78 is 0. The molecular formula is C13H20N2O. The van der Waals surface area contributed by atoms with Crippen molar-refractivity contribution in [2.75, 3.05) is 0 Å². The van der Waals surface area contributed by atoms with Crippen molar-refractivity contribution in [3.05, 3.63) is 27.4 Å². The molecule has 1 aliphatic rings. The van der Waals surface area contributed by atoms with Gasteiger partial charge >= 0.3 is 0 Å². The first-order chi connectivity index (χ1) is 7.46. The molecule has 1 aromatic rings. The first kappa shape index (κ1) is 11.4. The van der Waals surface area contributed by atoms with E-state index in [1.807, 2.05) is 0 Å². The van der Waals surface area contributed by atoms with Crippen LogP contribution in [-0.2, 0) is 19.3 Å². The summed E-state index contributed by atoms with van der Waals surface area (Å²) in [6.45, 7) is 6.48. The standard InChI is InChI=1S/C13H20N2O/c1-13(2,3)8-11-14-10-7-5-4-6-9(10)12(16)15-11/h4-8H2,1-3H3,(H,14,15,16). The molecule has 1 aromatic heterocycles. The smallest absolute Gasteiger partial charge is 0.254 e. The number of nitrogens with one attached hydrogen (secondary N) is 1. The van der Waals surface area contributed by atoms with E-state index in [-0.39, 0.29) is 11.0 Å². The van der Waals surface area contributed by atoms with Gasteiger partial charge < -0.3 is 4.98 Å². The van der Waals surface area contributed by atoms with Gasteiger partial charge in [-0.15, -0.1) is 0 Å². The van der Waals surface area contributed by atoms with Gasteiger partial charge in [0.05, 0.1) is 5.69 Å². The predicted octanol–water partition coefficient (Wildman–Crippen LogP) is 2.24. The molecule has 1 aliphatic carbocycles. The van der Waals surface area contributed by atoms with Crippen molar-refractivity contribution in [2.45, 2.75) is 52.9 Å². The molecule has 0 saturated carbocycles. The summed E-state index contributed by atoms with van der Waals surface area (Å²) in [4.78, 5) is 19.4. The van der Waals surface area contributed by atoms with Crippen LogP contribution in [0.5, 0.6) is 0 Å². The predicted molar refractivity (Wildman–Crippen MR) is 64.7 cm³/mol. The average molecular weight is 220 g/mol. The fourth-order valence-corrected chi connectivity index (χ4v) is 2.24. The van der Waals surface area contributed by atoms with E-state index in [0.29, 0.717) is 0 Å². The fraction of sp³-hybridized carbons (Fsp3) is 0.692. The van der Waals surface area contributed by atoms with Gasteiger partial charge in [0.2, 0.25) is 0 Å². The van der Waals surface area contributed by atoms with Crippen LogP contribution in [0.2, 0.25) is 0 Å². The Kier molecular flexibility index (Phi) is 2.87. The Hall–Kier alpha value is -1.12. The molecule has 0 bridgehead atoms. The number of fused-ring (bicyclic) bond motifs is 1. The van der Waals surface area contributed by atoms with Crippen LogP contribution in [0.15, 0.2) is 4.79 Å². The third-order valence-electron chi connectivity index (χ3n) is 2.94. The number of hydrogen-bond acceptors (Lipinski definition) is 2. The molecule has 0 unspecified atom stereocenters. The van der Waals surface area contributed by atoms with E-state index in [9.17, 15) is 4.79 Å². The van der Waals surface area contributed by atoms with Crippen LogP contribution in [0.1, 0.15) is 50.7 Å². The van der Waals surface area contributed by atoms with Gasteiger partial charge in [-0.1, -0.05) is 20.8 Å². The first-order valence-electron chi connectivity index (χ1n) is 6.07. The Morgan fingerprint density at radius 1 is 1.25 bits per heavy atom. The van der Waals surface area contributed by atoms with E-state index in [4.69, 9.17) is 0 Å². The van der Waals surface area contributed by atoms with Crippen LogP contribution in [0.4, 0.5) is 0 Å². The molecule has 2 rings (SSSR count). The van der Waals surface area contributed by atoms with Gasteiger partial charge in [-0.3, -0.25) is 4.79 Å². The fourth-order valence-electron chi connectivity index (χ4n) is 2.24. The van der Waals surface area contributed by atoms with E-state index < -0.39 is 0 Å². The molecule has 1 heterocycles. The highest BCUT2D eigenvalue weighted by Gasteiger charge is 2.18. The van der Waals surface area contributed by atoms with Gasteiger partial charge in [-0.05, 0) is 31.1 Å². The number of nitrogens with zero attached hydrogens (tertiary/aromatic N) is 1. The molecule has 0 saturated heterocycles. The van der Waals surface area contributed by atoms with Crippen LogP contribution < -0.4 is 5.56 Å². The summed E-state index contributed by atoms with van der Waals surface area (Å²) in [5.74, 6) is 0.846. The number of aromatic amines is 1. The van der Waals surface area contributed by atoms with Crippen molar-refractivity contribution >= 4 is 0 Å². The molecular weight excluding hydrogens is 200 g/mol. The SMILES string of the molecule is CC(C)(C)Cc1nc2c(c(=O)[nH]1)CCCC2. The van der Waals surface area contributed by atoms with E-state index >= 15 is 0 Å². The number of H-pyrrole nitrogens is 1. The molecule has 88 valence electrons. The summed E-state index contributed by atoms with van der Waals surface area (Å²) in [7, 11) is 0. The Balaban J connectivity index is 2.36. The van der Waals surface area contributed by atoms with Gasteiger partial charge in [0.1, 0.15) is 5.82 Å². The maximum Gasteiger partial charge on any atom is 0.254 e. The molecule has 0 fully saturated rings. The Labute approximate surface area is 96.3 Å². The number of rotatable bonds is 1. The van der Waals surface area contributed by atoms with E-state index in [1.54, 1.807) is 0 Å². The zero-order valence-corrected chi connectivity index (χ0v) is 10.4. The molecule has 16 heavy (non-hydrogen) atoms. The zero-order valence-electron chi connectivity index (χ0n) is 10.4. The Morgan fingerprint density at radius 2 is 1.94 bits per heavy atom. The minimum absolute atomic E-state index is 0.0870. The Morgan fingerprint density at radius 3 is 2.62 bits per heavy atom. The van der Waals surface area contributed by atoms with Crippen molar-refractivity contribution in [2.24, 2.45) is 5.41 Å². The minimum atomic E-state index is 0.0870. The van der Waals surface area contributed by atoms with Crippen LogP contribution >= 0.6 is 0 Å². The third kappa shape index (κ3) is 2.52. The molecule has 3 heteroatoms. The summed E-state index contributed by atoms with van der Waals surface area (Å²) in [5.41, 5.74) is 2.21. The van der Waals surface area contributed by atoms with Gasteiger partial charge in [0.15, 0.2) is 0 Å². The normalized spacial score (nSPS) is 15.9. The lowest BCUT2D eigenvalue weighted by Crippen LogP contribution is -2.25. The van der Waals surface area contributed by atoms with Crippen molar-refractivity contribution in [3.8, 4) is 0 Å². The van der Waals surface area contributed by atoms with E-state index in [2.05, 4.69) is 30.7 Å². The monoisotopic (exact) mass is 220 g/mol. The zero-order chi connectivity index (χ0) is 11.8. The first-order valence-corrected chi connectivity index (χ1v) is 6.07. The molecule has 1 N–H and O–H groups in total. The maximum atomic E-state index is 11.9. The highest BCUT2D eigenvalue weighted by Crippen LogP contribution is 2.20. The van der Waals surface area contributed by atoms with Crippen molar-refractivity contribution in [1.82, 2.24) is 9.97 Å². The quantitative estimate of drug-likeness (QED) is 0.789. The molecule has 3 nitrogen and oxygen atoms in total. The van der Waals surface area contributed by atoms with Crippen LogP contribution in [0, 0.1) is 5.41 Å². The lowest BCUT2D eigenvalue weighted by Gasteiger charge is -2.19. The van der Waals surface area contributed by atoms with Gasteiger partial charge in [0, 0.05) is 12.0 Å². The summed E-state index contributed by atoms with van der Waals surface area (Å²) in [5, 5.41) is 0. The summed E-state index contributed by atoms with van der Waals surface area (Å²) >= 11 is 0. The topological polar surface area (TPSA) is 45.8 Å². The third-order valence-corrected chi connectivity index (χ3v) is 2.94. The van der Waals surface area contributed by atoms with Crippen LogP contribution in [-0.4, -0.2) is 9.97 Å². The van der Waals surface area contributed by atoms with E-state index in [0.717, 1.165) is 42.8 Å². The lowest BCUT2D eigenvalue weighted by molar-refractivity contribution is 0.398. The second-order valence-electron chi connectivity index (χ2n) is 5.88. The van der Waals surface area contributed by atoms with Crippen molar-refractivity contribution < 1.29 is 0 Å². The van der Waals surface area contributed by atoms with Gasteiger partial charge in [-0.2, -0.15) is 0 Å². The lowest BCUT2D eigenvalue weighted by atomic mass is 9.91. The maximum absolute atomic E-state index is 11.9. The molecule has 0 amide bonds. The number of aryl methyl sites for hydroxylation is 1.